The summed E-state index contributed by atoms with van der Waals surface area (Å²) in [6.45, 7) is 4.68. The number of benzene rings is 1. The van der Waals surface area contributed by atoms with Gasteiger partial charge in [-0.1, -0.05) is 42.5 Å². The molecule has 2 fully saturated rings. The number of halogens is 1. The van der Waals surface area contributed by atoms with Gasteiger partial charge in [0.15, 0.2) is 5.96 Å². The van der Waals surface area contributed by atoms with Gasteiger partial charge in [0.2, 0.25) is 11.8 Å². The van der Waals surface area contributed by atoms with Gasteiger partial charge in [-0.05, 0) is 43.6 Å². The molecule has 162 valence electrons. The molecule has 0 aromatic heterocycles. The summed E-state index contributed by atoms with van der Waals surface area (Å²) in [6, 6.07) is 10.4. The van der Waals surface area contributed by atoms with Crippen LogP contribution in [0.2, 0.25) is 0 Å². The minimum absolute atomic E-state index is 0. The Balaban J connectivity index is 0.00000256. The quantitative estimate of drug-likeness (QED) is 0.138. The lowest BCUT2D eigenvalue weighted by Crippen LogP contribution is -2.38. The number of likely N-dealkylation sites (tertiary alicyclic amines) is 1. The van der Waals surface area contributed by atoms with Crippen molar-refractivity contribution < 1.29 is 9.59 Å². The molecule has 2 N–H and O–H groups in total. The van der Waals surface area contributed by atoms with Crippen molar-refractivity contribution in [1.82, 2.24) is 15.5 Å². The summed E-state index contributed by atoms with van der Waals surface area (Å²) in [7, 11) is 0. The van der Waals surface area contributed by atoms with Crippen LogP contribution in [-0.2, 0) is 16.0 Å². The predicted octanol–water partition coefficient (Wildman–Crippen LogP) is 2.60. The second-order valence-electron chi connectivity index (χ2n) is 8.10. The van der Waals surface area contributed by atoms with Crippen LogP contribution in [0.25, 0.3) is 0 Å². The number of carbonyl (C=O) groups excluding carboxylic acids is 2. The summed E-state index contributed by atoms with van der Waals surface area (Å²) in [4.78, 5) is 31.5. The first-order chi connectivity index (χ1) is 14.2. The maximum Gasteiger partial charge on any atom is 0.233 e. The number of guanidine groups is 1. The van der Waals surface area contributed by atoms with E-state index in [0.717, 1.165) is 31.9 Å². The zero-order valence-electron chi connectivity index (χ0n) is 17.4. The average molecular weight is 522 g/mol. The van der Waals surface area contributed by atoms with E-state index < -0.39 is 0 Å². The fourth-order valence-corrected chi connectivity index (χ4v) is 4.92. The molecule has 1 aromatic rings. The van der Waals surface area contributed by atoms with Crippen LogP contribution in [0, 0.1) is 23.7 Å². The second kappa shape index (κ2) is 10.4. The van der Waals surface area contributed by atoms with E-state index in [9.17, 15) is 9.59 Å². The lowest BCUT2D eigenvalue weighted by atomic mass is 9.85. The lowest BCUT2D eigenvalue weighted by molar-refractivity contribution is -0.140. The maximum atomic E-state index is 12.7. The molecule has 6 nitrogen and oxygen atoms in total. The number of imide groups is 1. The summed E-state index contributed by atoms with van der Waals surface area (Å²) in [6.07, 6.45) is 6.87. The van der Waals surface area contributed by atoms with Gasteiger partial charge in [-0.3, -0.25) is 19.5 Å². The summed E-state index contributed by atoms with van der Waals surface area (Å²) in [5.74, 6) is 1.21. The van der Waals surface area contributed by atoms with Crippen LogP contribution in [0.4, 0.5) is 0 Å². The first-order valence-corrected chi connectivity index (χ1v) is 10.8. The van der Waals surface area contributed by atoms with Gasteiger partial charge in [0.1, 0.15) is 0 Å². The van der Waals surface area contributed by atoms with Crippen LogP contribution in [0.1, 0.15) is 25.3 Å². The molecule has 2 amide bonds. The zero-order valence-corrected chi connectivity index (χ0v) is 19.8. The molecule has 1 aromatic carbocycles. The minimum atomic E-state index is -0.0991. The Hall–Kier alpha value is -1.90. The molecule has 2 bridgehead atoms. The van der Waals surface area contributed by atoms with Gasteiger partial charge in [0.25, 0.3) is 0 Å². The summed E-state index contributed by atoms with van der Waals surface area (Å²) in [5, 5.41) is 6.60. The van der Waals surface area contributed by atoms with Crippen molar-refractivity contribution in [3.8, 4) is 0 Å². The van der Waals surface area contributed by atoms with E-state index in [1.807, 2.05) is 25.1 Å². The number of aliphatic imine (C=N–C) groups is 1. The van der Waals surface area contributed by atoms with E-state index in [4.69, 9.17) is 0 Å². The molecule has 3 aliphatic rings. The van der Waals surface area contributed by atoms with Crippen LogP contribution in [0.5, 0.6) is 0 Å². The van der Waals surface area contributed by atoms with Crippen LogP contribution >= 0.6 is 24.0 Å². The molecule has 4 atom stereocenters. The molecule has 7 heteroatoms. The highest BCUT2D eigenvalue weighted by Crippen LogP contribution is 2.52. The molecule has 0 radical (unpaired) electrons. The normalized spacial score (nSPS) is 26.7. The monoisotopic (exact) mass is 522 g/mol. The van der Waals surface area contributed by atoms with Crippen molar-refractivity contribution in [1.29, 1.82) is 0 Å². The molecule has 30 heavy (non-hydrogen) atoms. The fourth-order valence-electron chi connectivity index (χ4n) is 4.92. The standard InChI is InChI=1S/C23H30N4O2.HI/c1-2-24-23(26-13-11-16-7-4-3-5-8-16)25-12-6-14-27-21(28)19-17-9-10-18(15-17)20(19)22(27)29;/h3-5,7-10,17-20H,2,6,11-15H2,1H3,(H2,24,25,26);1H. The zero-order chi connectivity index (χ0) is 20.2. The maximum absolute atomic E-state index is 12.7. The first kappa shape index (κ1) is 22.8. The third kappa shape index (κ3) is 4.71. The molecule has 0 spiro atoms. The molecular formula is C23H31IN4O2. The highest BCUT2D eigenvalue weighted by atomic mass is 127. The van der Waals surface area contributed by atoms with E-state index in [1.54, 1.807) is 0 Å². The SMILES string of the molecule is CCNC(=NCCCN1C(=O)C2C3C=CC(C3)C2C1=O)NCCc1ccccc1.I. The van der Waals surface area contributed by atoms with Gasteiger partial charge in [-0.25, -0.2) is 0 Å². The number of hydrogen-bond acceptors (Lipinski definition) is 3. The topological polar surface area (TPSA) is 73.8 Å². The van der Waals surface area contributed by atoms with Gasteiger partial charge in [-0.15, -0.1) is 24.0 Å². The van der Waals surface area contributed by atoms with Crippen LogP contribution in [0.3, 0.4) is 0 Å². The minimum Gasteiger partial charge on any atom is -0.357 e. The number of nitrogens with zero attached hydrogens (tertiary/aromatic N) is 2. The Kier molecular flexibility index (Phi) is 7.91. The van der Waals surface area contributed by atoms with Crippen molar-refractivity contribution in [3.05, 3.63) is 48.0 Å². The Labute approximate surface area is 195 Å². The Morgan fingerprint density at radius 2 is 1.73 bits per heavy atom. The molecule has 1 heterocycles. The van der Waals surface area contributed by atoms with E-state index >= 15 is 0 Å². The number of hydrogen-bond donors (Lipinski definition) is 2. The summed E-state index contributed by atoms with van der Waals surface area (Å²) >= 11 is 0. The van der Waals surface area contributed by atoms with Crippen LogP contribution in [0.15, 0.2) is 47.5 Å². The van der Waals surface area contributed by atoms with Crippen molar-refractivity contribution in [2.45, 2.75) is 26.2 Å². The number of nitrogens with one attached hydrogen (secondary N) is 2. The van der Waals surface area contributed by atoms with Crippen molar-refractivity contribution in [3.63, 3.8) is 0 Å². The summed E-state index contributed by atoms with van der Waals surface area (Å²) in [5.41, 5.74) is 1.29. The molecule has 1 saturated carbocycles. The molecule has 4 rings (SSSR count). The number of rotatable bonds is 8. The average Bonchev–Trinajstić information content (AvgIpc) is 3.41. The second-order valence-corrected chi connectivity index (χ2v) is 8.10. The Morgan fingerprint density at radius 3 is 2.37 bits per heavy atom. The molecule has 1 aliphatic heterocycles. The Bertz CT molecular complexity index is 781. The smallest absolute Gasteiger partial charge is 0.233 e. The van der Waals surface area contributed by atoms with E-state index in [2.05, 4.69) is 39.9 Å². The molecule has 1 saturated heterocycles. The van der Waals surface area contributed by atoms with Crippen molar-refractivity contribution in [2.75, 3.05) is 26.2 Å². The third-order valence-corrected chi connectivity index (χ3v) is 6.26. The van der Waals surface area contributed by atoms with Crippen molar-refractivity contribution >= 4 is 41.8 Å². The third-order valence-electron chi connectivity index (χ3n) is 6.26. The van der Waals surface area contributed by atoms with Gasteiger partial charge < -0.3 is 10.6 Å². The summed E-state index contributed by atoms with van der Waals surface area (Å²) < 4.78 is 0. The highest BCUT2D eigenvalue weighted by Gasteiger charge is 2.58. The van der Waals surface area contributed by atoms with Crippen molar-refractivity contribution in [2.24, 2.45) is 28.7 Å². The van der Waals surface area contributed by atoms with Gasteiger partial charge >= 0.3 is 0 Å². The molecule has 2 aliphatic carbocycles. The number of fused-ring (bicyclic) bond motifs is 5. The van der Waals surface area contributed by atoms with Crippen LogP contribution in [-0.4, -0.2) is 48.9 Å². The van der Waals surface area contributed by atoms with Gasteiger partial charge in [-0.2, -0.15) is 0 Å². The molecule has 4 unspecified atom stereocenters. The highest BCUT2D eigenvalue weighted by molar-refractivity contribution is 14.0. The number of carbonyl (C=O) groups is 2. The number of allylic oxidation sites excluding steroid dienone is 2. The fraction of sp³-hybridized carbons (Fsp3) is 0.522. The predicted molar refractivity (Wildman–Crippen MR) is 129 cm³/mol. The van der Waals surface area contributed by atoms with Crippen LogP contribution < -0.4 is 10.6 Å². The van der Waals surface area contributed by atoms with E-state index in [-0.39, 0.29) is 59.5 Å². The lowest BCUT2D eigenvalue weighted by Gasteiger charge is -2.17. The first-order valence-electron chi connectivity index (χ1n) is 10.8. The number of amides is 2. The van der Waals surface area contributed by atoms with Gasteiger partial charge in [0.05, 0.1) is 11.8 Å². The Morgan fingerprint density at radius 1 is 1.07 bits per heavy atom. The largest absolute Gasteiger partial charge is 0.357 e. The molecular weight excluding hydrogens is 491 g/mol. The van der Waals surface area contributed by atoms with E-state index in [0.29, 0.717) is 19.5 Å². The van der Waals surface area contributed by atoms with E-state index in [1.165, 1.54) is 10.5 Å². The van der Waals surface area contributed by atoms with Gasteiger partial charge in [0, 0.05) is 26.2 Å².